The van der Waals surface area contributed by atoms with Gasteiger partial charge in [-0.25, -0.2) is 0 Å². The standard InChI is InChI=1S/C15H21NO3/c1-4-11-5-7-12(8-6-11)14(19)16-15(2,3)10-9-13(17)18/h5-8H,4,9-10H2,1-3H3,(H,16,19)(H,17,18). The topological polar surface area (TPSA) is 66.4 Å². The molecule has 0 unspecified atom stereocenters. The summed E-state index contributed by atoms with van der Waals surface area (Å²) < 4.78 is 0. The van der Waals surface area contributed by atoms with Gasteiger partial charge in [0.15, 0.2) is 0 Å². The van der Waals surface area contributed by atoms with E-state index in [1.54, 1.807) is 12.1 Å². The molecular weight excluding hydrogens is 242 g/mol. The summed E-state index contributed by atoms with van der Waals surface area (Å²) >= 11 is 0. The zero-order chi connectivity index (χ0) is 14.5. The number of rotatable bonds is 6. The number of carbonyl (C=O) groups excluding carboxylic acids is 1. The number of carboxylic acid groups (broad SMARTS) is 1. The Labute approximate surface area is 113 Å². The van der Waals surface area contributed by atoms with Crippen LogP contribution in [0.4, 0.5) is 0 Å². The minimum absolute atomic E-state index is 0.0437. The molecule has 0 spiro atoms. The fourth-order valence-electron chi connectivity index (χ4n) is 1.75. The molecule has 0 aromatic heterocycles. The molecule has 0 aliphatic heterocycles. The molecule has 0 fully saturated rings. The van der Waals surface area contributed by atoms with Crippen LogP contribution in [-0.4, -0.2) is 22.5 Å². The van der Waals surface area contributed by atoms with Gasteiger partial charge in [0.25, 0.3) is 5.91 Å². The summed E-state index contributed by atoms with van der Waals surface area (Å²) in [6.07, 6.45) is 1.38. The van der Waals surface area contributed by atoms with Gasteiger partial charge in [-0.2, -0.15) is 0 Å². The number of carbonyl (C=O) groups is 2. The molecule has 4 nitrogen and oxygen atoms in total. The van der Waals surface area contributed by atoms with Crippen molar-refractivity contribution in [3.8, 4) is 0 Å². The molecular formula is C15H21NO3. The third-order valence-electron chi connectivity index (χ3n) is 3.04. The van der Waals surface area contributed by atoms with E-state index in [-0.39, 0.29) is 12.3 Å². The van der Waals surface area contributed by atoms with Crippen molar-refractivity contribution in [2.24, 2.45) is 0 Å². The van der Waals surface area contributed by atoms with Gasteiger partial charge in [-0.3, -0.25) is 9.59 Å². The van der Waals surface area contributed by atoms with Gasteiger partial charge in [0, 0.05) is 17.5 Å². The van der Waals surface area contributed by atoms with Gasteiger partial charge >= 0.3 is 5.97 Å². The minimum Gasteiger partial charge on any atom is -0.481 e. The molecule has 0 heterocycles. The molecule has 0 saturated heterocycles. The van der Waals surface area contributed by atoms with E-state index in [2.05, 4.69) is 12.2 Å². The van der Waals surface area contributed by atoms with E-state index in [4.69, 9.17) is 5.11 Å². The summed E-state index contributed by atoms with van der Waals surface area (Å²) in [6.45, 7) is 5.71. The van der Waals surface area contributed by atoms with Crippen LogP contribution in [0.2, 0.25) is 0 Å². The number of aryl methyl sites for hydroxylation is 1. The van der Waals surface area contributed by atoms with Crippen molar-refractivity contribution >= 4 is 11.9 Å². The molecule has 19 heavy (non-hydrogen) atoms. The second kappa shape index (κ2) is 6.36. The van der Waals surface area contributed by atoms with Crippen LogP contribution in [0.1, 0.15) is 49.5 Å². The number of hydrogen-bond acceptors (Lipinski definition) is 2. The molecule has 0 radical (unpaired) electrons. The van der Waals surface area contributed by atoms with Gasteiger partial charge in [-0.1, -0.05) is 19.1 Å². The number of carboxylic acids is 1. The molecule has 2 N–H and O–H groups in total. The van der Waals surface area contributed by atoms with E-state index >= 15 is 0 Å². The van der Waals surface area contributed by atoms with E-state index in [9.17, 15) is 9.59 Å². The summed E-state index contributed by atoms with van der Waals surface area (Å²) in [5, 5.41) is 11.5. The van der Waals surface area contributed by atoms with Crippen molar-refractivity contribution < 1.29 is 14.7 Å². The van der Waals surface area contributed by atoms with Crippen molar-refractivity contribution in [2.45, 2.75) is 45.6 Å². The molecule has 0 aliphatic carbocycles. The Kier molecular flexibility index (Phi) is 5.10. The van der Waals surface area contributed by atoms with Gasteiger partial charge in [0.05, 0.1) is 0 Å². The van der Waals surface area contributed by atoms with Crippen LogP contribution < -0.4 is 5.32 Å². The smallest absolute Gasteiger partial charge is 0.303 e. The number of amides is 1. The number of benzene rings is 1. The molecule has 1 rings (SSSR count). The van der Waals surface area contributed by atoms with E-state index < -0.39 is 11.5 Å². The first-order chi connectivity index (χ1) is 8.84. The maximum Gasteiger partial charge on any atom is 0.303 e. The molecule has 1 aromatic rings. The van der Waals surface area contributed by atoms with E-state index in [0.717, 1.165) is 6.42 Å². The molecule has 0 saturated carbocycles. The Hall–Kier alpha value is -1.84. The predicted molar refractivity (Wildman–Crippen MR) is 74.2 cm³/mol. The maximum absolute atomic E-state index is 12.0. The van der Waals surface area contributed by atoms with Crippen molar-refractivity contribution in [1.29, 1.82) is 0 Å². The molecule has 0 atom stereocenters. The van der Waals surface area contributed by atoms with Crippen LogP contribution in [0.3, 0.4) is 0 Å². The molecule has 1 amide bonds. The Bertz CT molecular complexity index is 449. The van der Waals surface area contributed by atoms with Crippen LogP contribution in [0.5, 0.6) is 0 Å². The molecule has 0 aliphatic rings. The van der Waals surface area contributed by atoms with Crippen molar-refractivity contribution in [1.82, 2.24) is 5.32 Å². The highest BCUT2D eigenvalue weighted by Crippen LogP contribution is 2.13. The largest absolute Gasteiger partial charge is 0.481 e. The van der Waals surface area contributed by atoms with Crippen LogP contribution in [0.25, 0.3) is 0 Å². The fourth-order valence-corrected chi connectivity index (χ4v) is 1.75. The number of hydrogen-bond donors (Lipinski definition) is 2. The maximum atomic E-state index is 12.0. The highest BCUT2D eigenvalue weighted by Gasteiger charge is 2.22. The average Bonchev–Trinajstić information content (AvgIpc) is 2.36. The third-order valence-corrected chi connectivity index (χ3v) is 3.04. The lowest BCUT2D eigenvalue weighted by Crippen LogP contribution is -2.43. The fraction of sp³-hybridized carbons (Fsp3) is 0.467. The third kappa shape index (κ3) is 5.12. The Balaban J connectivity index is 2.64. The summed E-state index contributed by atoms with van der Waals surface area (Å²) in [5.41, 5.74) is 1.25. The van der Waals surface area contributed by atoms with Crippen molar-refractivity contribution in [2.75, 3.05) is 0 Å². The summed E-state index contributed by atoms with van der Waals surface area (Å²) in [7, 11) is 0. The van der Waals surface area contributed by atoms with Gasteiger partial charge in [-0.05, 0) is 44.4 Å². The zero-order valence-electron chi connectivity index (χ0n) is 11.7. The van der Waals surface area contributed by atoms with Gasteiger partial charge in [0.1, 0.15) is 0 Å². The van der Waals surface area contributed by atoms with E-state index in [1.165, 1.54) is 5.56 Å². The summed E-state index contributed by atoms with van der Waals surface area (Å²) in [4.78, 5) is 22.6. The molecule has 0 bridgehead atoms. The Morgan fingerprint density at radius 2 is 1.79 bits per heavy atom. The Morgan fingerprint density at radius 1 is 1.21 bits per heavy atom. The summed E-state index contributed by atoms with van der Waals surface area (Å²) in [6, 6.07) is 7.45. The van der Waals surface area contributed by atoms with Gasteiger partial charge in [-0.15, -0.1) is 0 Å². The normalized spacial score (nSPS) is 11.1. The summed E-state index contributed by atoms with van der Waals surface area (Å²) in [5.74, 6) is -1.02. The predicted octanol–water partition coefficient (Wildman–Crippen LogP) is 2.62. The molecule has 1 aromatic carbocycles. The highest BCUT2D eigenvalue weighted by molar-refractivity contribution is 5.94. The van der Waals surface area contributed by atoms with E-state index in [0.29, 0.717) is 12.0 Å². The quantitative estimate of drug-likeness (QED) is 0.829. The monoisotopic (exact) mass is 263 g/mol. The second-order valence-electron chi connectivity index (χ2n) is 5.28. The SMILES string of the molecule is CCc1ccc(C(=O)NC(C)(C)CCC(=O)O)cc1. The van der Waals surface area contributed by atoms with Crippen LogP contribution in [-0.2, 0) is 11.2 Å². The lowest BCUT2D eigenvalue weighted by atomic mass is 9.97. The number of aliphatic carboxylic acids is 1. The lowest BCUT2D eigenvalue weighted by molar-refractivity contribution is -0.137. The second-order valence-corrected chi connectivity index (χ2v) is 5.28. The van der Waals surface area contributed by atoms with Crippen LogP contribution >= 0.6 is 0 Å². The average molecular weight is 263 g/mol. The first kappa shape index (κ1) is 15.2. The number of nitrogens with one attached hydrogen (secondary N) is 1. The highest BCUT2D eigenvalue weighted by atomic mass is 16.4. The van der Waals surface area contributed by atoms with E-state index in [1.807, 2.05) is 26.0 Å². The minimum atomic E-state index is -0.852. The van der Waals surface area contributed by atoms with Crippen molar-refractivity contribution in [3.63, 3.8) is 0 Å². The molecule has 4 heteroatoms. The zero-order valence-corrected chi connectivity index (χ0v) is 11.7. The molecule has 104 valence electrons. The van der Waals surface area contributed by atoms with Crippen molar-refractivity contribution in [3.05, 3.63) is 35.4 Å². The Morgan fingerprint density at radius 3 is 2.26 bits per heavy atom. The first-order valence-corrected chi connectivity index (χ1v) is 6.47. The van der Waals surface area contributed by atoms with Gasteiger partial charge in [0.2, 0.25) is 0 Å². The van der Waals surface area contributed by atoms with Crippen LogP contribution in [0, 0.1) is 0 Å². The van der Waals surface area contributed by atoms with Gasteiger partial charge < -0.3 is 10.4 Å². The lowest BCUT2D eigenvalue weighted by Gasteiger charge is -2.25. The first-order valence-electron chi connectivity index (χ1n) is 6.47. The van der Waals surface area contributed by atoms with Crippen LogP contribution in [0.15, 0.2) is 24.3 Å².